The molecule has 4 nitrogen and oxygen atoms in total. The molecule has 1 unspecified atom stereocenters. The Morgan fingerprint density at radius 1 is 1.43 bits per heavy atom. The summed E-state index contributed by atoms with van der Waals surface area (Å²) in [6, 6.07) is 3.22. The van der Waals surface area contributed by atoms with Crippen molar-refractivity contribution < 1.29 is 9.53 Å². The second kappa shape index (κ2) is 7.03. The first-order valence-corrected chi connectivity index (χ1v) is 7.86. The van der Waals surface area contributed by atoms with Crippen molar-refractivity contribution in [1.82, 2.24) is 4.90 Å². The summed E-state index contributed by atoms with van der Waals surface area (Å²) in [5, 5.41) is 0.389. The molecule has 1 amide bonds. The van der Waals surface area contributed by atoms with Gasteiger partial charge in [-0.05, 0) is 31.2 Å². The molecule has 21 heavy (non-hydrogen) atoms. The van der Waals surface area contributed by atoms with Crippen LogP contribution in [0.1, 0.15) is 43.0 Å². The van der Waals surface area contributed by atoms with Gasteiger partial charge in [0.25, 0.3) is 5.91 Å². The average Bonchev–Trinajstić information content (AvgIpc) is 2.74. The van der Waals surface area contributed by atoms with Crippen molar-refractivity contribution in [3.63, 3.8) is 0 Å². The van der Waals surface area contributed by atoms with Gasteiger partial charge in [-0.25, -0.2) is 0 Å². The van der Waals surface area contributed by atoms with Crippen LogP contribution in [0.2, 0.25) is 5.02 Å². The van der Waals surface area contributed by atoms with E-state index in [2.05, 4.69) is 6.92 Å². The zero-order chi connectivity index (χ0) is 15.4. The number of carbonyl (C=O) groups is 1. The Kier molecular flexibility index (Phi) is 5.34. The summed E-state index contributed by atoms with van der Waals surface area (Å²) < 4.78 is 5.28. The molecule has 1 aromatic carbocycles. The molecule has 0 aliphatic carbocycles. The molecule has 2 N–H and O–H groups in total. The van der Waals surface area contributed by atoms with Gasteiger partial charge in [-0.15, -0.1) is 0 Å². The normalized spacial score (nSPS) is 19.2. The lowest BCUT2D eigenvalue weighted by Crippen LogP contribution is -2.32. The molecular formula is C16H23ClN2O2. The first-order chi connectivity index (χ1) is 10.1. The number of amides is 1. The van der Waals surface area contributed by atoms with Gasteiger partial charge in [-0.2, -0.15) is 0 Å². The van der Waals surface area contributed by atoms with Crippen molar-refractivity contribution in [2.75, 3.05) is 25.9 Å². The molecule has 1 aliphatic heterocycles. The highest BCUT2D eigenvalue weighted by Crippen LogP contribution is 2.30. The number of benzene rings is 1. The van der Waals surface area contributed by atoms with E-state index < -0.39 is 0 Å². The molecule has 5 heteroatoms. The third-order valence-electron chi connectivity index (χ3n) is 4.26. The van der Waals surface area contributed by atoms with Crippen molar-refractivity contribution in [2.45, 2.75) is 32.6 Å². The number of anilines is 1. The van der Waals surface area contributed by atoms with E-state index in [1.54, 1.807) is 12.1 Å². The maximum Gasteiger partial charge on any atom is 0.257 e. The number of ether oxygens (including phenoxy) is 1. The predicted molar refractivity (Wildman–Crippen MR) is 86.0 cm³/mol. The minimum atomic E-state index is -0.0227. The Morgan fingerprint density at radius 2 is 2.19 bits per heavy atom. The van der Waals surface area contributed by atoms with Crippen LogP contribution in [-0.4, -0.2) is 31.0 Å². The van der Waals surface area contributed by atoms with Gasteiger partial charge in [-0.1, -0.05) is 24.9 Å². The number of likely N-dealkylation sites (tertiary alicyclic amines) is 1. The van der Waals surface area contributed by atoms with E-state index in [0.717, 1.165) is 31.8 Å². The fourth-order valence-electron chi connectivity index (χ4n) is 2.85. The van der Waals surface area contributed by atoms with Gasteiger partial charge in [0, 0.05) is 19.2 Å². The molecule has 0 aromatic heterocycles. The Balaban J connectivity index is 2.21. The first kappa shape index (κ1) is 16.0. The molecule has 1 fully saturated rings. The number of carbonyl (C=O) groups excluding carboxylic acids is 1. The summed E-state index contributed by atoms with van der Waals surface area (Å²) in [5.41, 5.74) is 6.68. The number of hydrogen-bond acceptors (Lipinski definition) is 3. The maximum absolute atomic E-state index is 12.7. The third kappa shape index (κ3) is 3.62. The molecule has 2 rings (SSSR count). The summed E-state index contributed by atoms with van der Waals surface area (Å²) in [5.74, 6) is 1.18. The standard InChI is InChI=1S/C16H23ClN2O2/c1-3-11-5-4-7-19(8-6-11)16(20)12-9-13(17)14(18)10-15(12)21-2/h9-11H,3-8,18H2,1-2H3. The van der Waals surface area contributed by atoms with Crippen LogP contribution in [0.25, 0.3) is 0 Å². The summed E-state index contributed by atoms with van der Waals surface area (Å²) in [7, 11) is 1.54. The van der Waals surface area contributed by atoms with Crippen LogP contribution in [0.3, 0.4) is 0 Å². The van der Waals surface area contributed by atoms with Crippen molar-refractivity contribution in [1.29, 1.82) is 0 Å². The molecule has 1 aliphatic rings. The summed E-state index contributed by atoms with van der Waals surface area (Å²) in [6.45, 7) is 3.80. The second-order valence-electron chi connectivity index (χ2n) is 5.57. The van der Waals surface area contributed by atoms with E-state index in [1.165, 1.54) is 20.0 Å². The van der Waals surface area contributed by atoms with Gasteiger partial charge < -0.3 is 15.4 Å². The number of methoxy groups -OCH3 is 1. The van der Waals surface area contributed by atoms with E-state index >= 15 is 0 Å². The van der Waals surface area contributed by atoms with Crippen molar-refractivity contribution >= 4 is 23.2 Å². The van der Waals surface area contributed by atoms with Crippen LogP contribution in [0.5, 0.6) is 5.75 Å². The zero-order valence-electron chi connectivity index (χ0n) is 12.7. The van der Waals surface area contributed by atoms with Crippen LogP contribution in [0.4, 0.5) is 5.69 Å². The lowest BCUT2D eigenvalue weighted by Gasteiger charge is -2.22. The molecule has 1 aromatic rings. The molecular weight excluding hydrogens is 288 g/mol. The van der Waals surface area contributed by atoms with Gasteiger partial charge in [0.05, 0.1) is 23.4 Å². The largest absolute Gasteiger partial charge is 0.496 e. The highest BCUT2D eigenvalue weighted by Gasteiger charge is 2.24. The lowest BCUT2D eigenvalue weighted by molar-refractivity contribution is 0.0756. The minimum absolute atomic E-state index is 0.0227. The molecule has 0 saturated carbocycles. The summed E-state index contributed by atoms with van der Waals surface area (Å²) >= 11 is 6.05. The molecule has 0 radical (unpaired) electrons. The molecule has 0 bridgehead atoms. The third-order valence-corrected chi connectivity index (χ3v) is 4.59. The van der Waals surface area contributed by atoms with E-state index in [1.807, 2.05) is 4.90 Å². The molecule has 1 heterocycles. The smallest absolute Gasteiger partial charge is 0.257 e. The van der Waals surface area contributed by atoms with Crippen molar-refractivity contribution in [3.8, 4) is 5.75 Å². The first-order valence-electron chi connectivity index (χ1n) is 7.49. The zero-order valence-corrected chi connectivity index (χ0v) is 13.4. The number of rotatable bonds is 3. The van der Waals surface area contributed by atoms with Gasteiger partial charge in [-0.3, -0.25) is 4.79 Å². The lowest BCUT2D eigenvalue weighted by atomic mass is 9.98. The van der Waals surface area contributed by atoms with Crippen LogP contribution in [0.15, 0.2) is 12.1 Å². The Morgan fingerprint density at radius 3 is 2.86 bits per heavy atom. The Bertz CT molecular complexity index is 519. The fraction of sp³-hybridized carbons (Fsp3) is 0.562. The van der Waals surface area contributed by atoms with Crippen LogP contribution < -0.4 is 10.5 Å². The highest BCUT2D eigenvalue weighted by atomic mass is 35.5. The minimum Gasteiger partial charge on any atom is -0.496 e. The molecule has 116 valence electrons. The van der Waals surface area contributed by atoms with Gasteiger partial charge in [0.2, 0.25) is 0 Å². The fourth-order valence-corrected chi connectivity index (χ4v) is 3.02. The molecule has 0 spiro atoms. The van der Waals surface area contributed by atoms with E-state index in [9.17, 15) is 4.79 Å². The van der Waals surface area contributed by atoms with Crippen molar-refractivity contribution in [2.24, 2.45) is 5.92 Å². The number of halogens is 1. The van der Waals surface area contributed by atoms with Crippen LogP contribution in [0, 0.1) is 5.92 Å². The van der Waals surface area contributed by atoms with Crippen LogP contribution >= 0.6 is 11.6 Å². The molecule has 1 atom stereocenters. The SMILES string of the molecule is CCC1CCCN(C(=O)c2cc(Cl)c(N)cc2OC)CC1. The molecule has 1 saturated heterocycles. The average molecular weight is 311 g/mol. The number of hydrogen-bond donors (Lipinski definition) is 1. The summed E-state index contributed by atoms with van der Waals surface area (Å²) in [4.78, 5) is 14.6. The van der Waals surface area contributed by atoms with E-state index in [4.69, 9.17) is 22.1 Å². The van der Waals surface area contributed by atoms with E-state index in [-0.39, 0.29) is 5.91 Å². The van der Waals surface area contributed by atoms with Crippen molar-refractivity contribution in [3.05, 3.63) is 22.7 Å². The van der Waals surface area contributed by atoms with Crippen LogP contribution in [-0.2, 0) is 0 Å². The van der Waals surface area contributed by atoms with Gasteiger partial charge in [0.1, 0.15) is 5.75 Å². The highest BCUT2D eigenvalue weighted by molar-refractivity contribution is 6.33. The van der Waals surface area contributed by atoms with E-state index in [0.29, 0.717) is 22.0 Å². The Hall–Kier alpha value is -1.42. The number of nitrogens with two attached hydrogens (primary N) is 1. The quantitative estimate of drug-likeness (QED) is 0.868. The topological polar surface area (TPSA) is 55.6 Å². The van der Waals surface area contributed by atoms with Gasteiger partial charge in [0.15, 0.2) is 0 Å². The summed E-state index contributed by atoms with van der Waals surface area (Å²) in [6.07, 6.45) is 4.49. The number of nitrogens with zero attached hydrogens (tertiary/aromatic N) is 1. The number of nitrogen functional groups attached to an aromatic ring is 1. The Labute approximate surface area is 131 Å². The maximum atomic E-state index is 12.7. The van der Waals surface area contributed by atoms with Gasteiger partial charge >= 0.3 is 0 Å². The predicted octanol–water partition coefficient (Wildman–Crippen LogP) is 3.58. The second-order valence-corrected chi connectivity index (χ2v) is 5.98. The monoisotopic (exact) mass is 310 g/mol.